The minimum atomic E-state index is -0.307. The molecular weight excluding hydrogens is 464 g/mol. The topological polar surface area (TPSA) is 82.2 Å². The van der Waals surface area contributed by atoms with E-state index in [9.17, 15) is 4.79 Å². The van der Waals surface area contributed by atoms with Crippen molar-refractivity contribution in [3.63, 3.8) is 0 Å². The number of benzene rings is 1. The highest BCUT2D eigenvalue weighted by atomic mass is 35.5. The summed E-state index contributed by atoms with van der Waals surface area (Å²) < 4.78 is 1.05. The number of thiazole rings is 1. The average Bonchev–Trinajstić information content (AvgIpc) is 3.40. The van der Waals surface area contributed by atoms with E-state index in [1.807, 2.05) is 49.8 Å². The molecule has 0 saturated carbocycles. The summed E-state index contributed by atoms with van der Waals surface area (Å²) in [4.78, 5) is 24.2. The van der Waals surface area contributed by atoms with Gasteiger partial charge in [-0.15, -0.1) is 22.7 Å². The number of rotatable bonds is 8. The molecule has 3 aromatic heterocycles. The van der Waals surface area contributed by atoms with Gasteiger partial charge in [-0.05, 0) is 37.2 Å². The van der Waals surface area contributed by atoms with Crippen LogP contribution in [0.3, 0.4) is 0 Å². The molecule has 3 N–H and O–H groups in total. The zero-order valence-corrected chi connectivity index (χ0v) is 20.1. The number of amides is 2. The first-order valence-electron chi connectivity index (χ1n) is 10.0. The van der Waals surface area contributed by atoms with E-state index < -0.39 is 0 Å². The summed E-state index contributed by atoms with van der Waals surface area (Å²) in [5.74, 6) is 0. The zero-order chi connectivity index (χ0) is 22.5. The number of para-hydroxylation sites is 1. The van der Waals surface area contributed by atoms with E-state index in [0.29, 0.717) is 16.7 Å². The lowest BCUT2D eigenvalue weighted by Gasteiger charge is -2.14. The van der Waals surface area contributed by atoms with Crippen LogP contribution in [-0.2, 0) is 13.0 Å². The van der Waals surface area contributed by atoms with Gasteiger partial charge in [-0.25, -0.2) is 9.78 Å². The number of fused-ring (bicyclic) bond motifs is 1. The minimum absolute atomic E-state index is 0.307. The fraction of sp³-hybridized carbons (Fsp3) is 0.227. The van der Waals surface area contributed by atoms with E-state index in [2.05, 4.69) is 30.8 Å². The van der Waals surface area contributed by atoms with Crippen LogP contribution in [0.4, 0.5) is 21.3 Å². The Labute approximate surface area is 199 Å². The van der Waals surface area contributed by atoms with Gasteiger partial charge in [0.15, 0.2) is 5.13 Å². The summed E-state index contributed by atoms with van der Waals surface area (Å²) in [7, 11) is 3.99. The minimum Gasteiger partial charge on any atom is -0.382 e. The van der Waals surface area contributed by atoms with Crippen LogP contribution in [0.5, 0.6) is 0 Å². The van der Waals surface area contributed by atoms with Crippen LogP contribution >= 0.6 is 34.3 Å². The number of aromatic nitrogens is 2. The van der Waals surface area contributed by atoms with E-state index >= 15 is 0 Å². The molecule has 32 heavy (non-hydrogen) atoms. The van der Waals surface area contributed by atoms with Gasteiger partial charge < -0.3 is 15.5 Å². The largest absolute Gasteiger partial charge is 0.382 e. The maximum absolute atomic E-state index is 12.5. The second-order valence-electron chi connectivity index (χ2n) is 7.40. The van der Waals surface area contributed by atoms with Crippen LogP contribution in [-0.4, -0.2) is 41.5 Å². The molecule has 0 spiro atoms. The Kier molecular flexibility index (Phi) is 7.21. The summed E-state index contributed by atoms with van der Waals surface area (Å²) >= 11 is 9.39. The highest BCUT2D eigenvalue weighted by Gasteiger charge is 2.11. The quantitative estimate of drug-likeness (QED) is 0.294. The molecule has 0 fully saturated rings. The number of hydrogen-bond donors (Lipinski definition) is 3. The Morgan fingerprint density at radius 3 is 2.81 bits per heavy atom. The van der Waals surface area contributed by atoms with Crippen molar-refractivity contribution < 1.29 is 4.79 Å². The Hall–Kier alpha value is -2.72. The maximum Gasteiger partial charge on any atom is 0.325 e. The van der Waals surface area contributed by atoms with Gasteiger partial charge in [-0.1, -0.05) is 29.8 Å². The van der Waals surface area contributed by atoms with Gasteiger partial charge >= 0.3 is 6.03 Å². The number of carbonyl (C=O) groups is 1. The van der Waals surface area contributed by atoms with Crippen LogP contribution < -0.4 is 16.0 Å². The van der Waals surface area contributed by atoms with Crippen molar-refractivity contribution in [3.8, 4) is 0 Å². The third-order valence-electron chi connectivity index (χ3n) is 4.63. The van der Waals surface area contributed by atoms with Crippen molar-refractivity contribution in [3.05, 3.63) is 63.6 Å². The molecule has 166 valence electrons. The molecule has 0 aliphatic carbocycles. The van der Waals surface area contributed by atoms with Gasteiger partial charge in [0.1, 0.15) is 0 Å². The number of carbonyl (C=O) groups excluding carboxylic acids is 1. The Bertz CT molecular complexity index is 1220. The maximum atomic E-state index is 12.5. The normalized spacial score (nSPS) is 11.1. The lowest BCUT2D eigenvalue weighted by Crippen LogP contribution is -2.21. The van der Waals surface area contributed by atoms with E-state index in [1.165, 1.54) is 11.3 Å². The third-order valence-corrected chi connectivity index (χ3v) is 6.81. The van der Waals surface area contributed by atoms with Crippen LogP contribution in [0.1, 0.15) is 10.4 Å². The van der Waals surface area contributed by atoms with Crippen LogP contribution in [0.2, 0.25) is 5.02 Å². The summed E-state index contributed by atoms with van der Waals surface area (Å²) in [5.41, 5.74) is 3.68. The Morgan fingerprint density at radius 2 is 1.97 bits per heavy atom. The Morgan fingerprint density at radius 1 is 1.12 bits per heavy atom. The van der Waals surface area contributed by atoms with E-state index in [1.54, 1.807) is 23.7 Å². The van der Waals surface area contributed by atoms with Crippen LogP contribution in [0, 0.1) is 0 Å². The molecule has 0 saturated heterocycles. The first kappa shape index (κ1) is 22.5. The second kappa shape index (κ2) is 10.3. The predicted molar refractivity (Wildman–Crippen MR) is 135 cm³/mol. The number of hydrogen-bond acceptors (Lipinski definition) is 7. The molecule has 0 aliphatic heterocycles. The lowest BCUT2D eigenvalue weighted by atomic mass is 10.1. The number of nitrogens with one attached hydrogen (secondary N) is 3. The van der Waals surface area contributed by atoms with Gasteiger partial charge in [0.25, 0.3) is 0 Å². The molecule has 10 heteroatoms. The number of thiophene rings is 1. The van der Waals surface area contributed by atoms with Gasteiger partial charge in [0.2, 0.25) is 0 Å². The van der Waals surface area contributed by atoms with Crippen molar-refractivity contribution in [2.75, 3.05) is 36.6 Å². The second-order valence-corrected chi connectivity index (χ2v) is 9.84. The van der Waals surface area contributed by atoms with Gasteiger partial charge in [-0.2, -0.15) is 0 Å². The molecule has 0 bridgehead atoms. The molecule has 0 aliphatic rings. The first-order chi connectivity index (χ1) is 15.5. The van der Waals surface area contributed by atoms with Gasteiger partial charge in [-0.3, -0.25) is 10.3 Å². The first-order valence-corrected chi connectivity index (χ1v) is 12.1. The zero-order valence-electron chi connectivity index (χ0n) is 17.7. The molecule has 0 unspecified atom stereocenters. The van der Waals surface area contributed by atoms with Gasteiger partial charge in [0.05, 0.1) is 20.9 Å². The molecule has 0 atom stereocenters. The Balaban J connectivity index is 1.32. The lowest BCUT2D eigenvalue weighted by molar-refractivity contribution is 0.262. The van der Waals surface area contributed by atoms with Crippen molar-refractivity contribution >= 4 is 67.0 Å². The molecule has 4 aromatic rings. The van der Waals surface area contributed by atoms with Crippen LogP contribution in [0.25, 0.3) is 10.2 Å². The summed E-state index contributed by atoms with van der Waals surface area (Å²) in [5, 5.41) is 12.3. The number of urea groups is 1. The van der Waals surface area contributed by atoms with Gasteiger partial charge in [0, 0.05) is 42.5 Å². The molecule has 4 rings (SSSR count). The number of pyridine rings is 1. The summed E-state index contributed by atoms with van der Waals surface area (Å²) in [6, 6.07) is 9.44. The highest BCUT2D eigenvalue weighted by molar-refractivity contribution is 7.17. The number of halogens is 1. The molecule has 7 nitrogen and oxygen atoms in total. The number of anilines is 3. The third kappa shape index (κ3) is 5.55. The van der Waals surface area contributed by atoms with Crippen molar-refractivity contribution in [1.29, 1.82) is 0 Å². The van der Waals surface area contributed by atoms with E-state index in [4.69, 9.17) is 11.6 Å². The molecule has 0 radical (unpaired) electrons. The highest BCUT2D eigenvalue weighted by Crippen LogP contribution is 2.33. The van der Waals surface area contributed by atoms with Crippen molar-refractivity contribution in [2.24, 2.45) is 0 Å². The molecule has 2 amide bonds. The van der Waals surface area contributed by atoms with E-state index in [-0.39, 0.29) is 6.03 Å². The summed E-state index contributed by atoms with van der Waals surface area (Å²) in [6.45, 7) is 1.44. The van der Waals surface area contributed by atoms with E-state index in [0.717, 1.165) is 45.0 Å². The molecule has 3 heterocycles. The average molecular weight is 487 g/mol. The van der Waals surface area contributed by atoms with Crippen molar-refractivity contribution in [2.45, 2.75) is 13.0 Å². The fourth-order valence-corrected chi connectivity index (χ4v) is 5.17. The number of nitrogens with zero attached hydrogens (tertiary/aromatic N) is 3. The van der Waals surface area contributed by atoms with Crippen LogP contribution in [0.15, 0.2) is 48.1 Å². The van der Waals surface area contributed by atoms with Crippen molar-refractivity contribution in [1.82, 2.24) is 14.9 Å². The summed E-state index contributed by atoms with van der Waals surface area (Å²) in [6.07, 6.45) is 4.22. The molecule has 1 aromatic carbocycles. The monoisotopic (exact) mass is 486 g/mol. The smallest absolute Gasteiger partial charge is 0.325 e. The standard InChI is InChI=1S/C22H23ClN6OS2/c1-29(2)13-14-5-3-4-6-17(14)27-21(30)28-22-26-11-15(32-22)7-9-24-19-16(23)12-25-18-8-10-31-20(18)19/h3-6,8,10-12H,7,9,13H2,1-2H3,(H,24,25)(H2,26,27,28,30). The SMILES string of the molecule is CN(C)Cc1ccccc1NC(=O)Nc1ncc(CCNc2c(Cl)cnc3ccsc23)s1. The predicted octanol–water partition coefficient (Wildman–Crippen LogP) is 5.77. The molecular formula is C22H23ClN6OS2. The fourth-order valence-electron chi connectivity index (χ4n) is 3.22.